The molecule has 1 fully saturated rings. The number of urea groups is 1. The summed E-state index contributed by atoms with van der Waals surface area (Å²) in [5.41, 5.74) is 1.00. The number of carbonyl (C=O) groups excluding carboxylic acids is 2. The first-order valence-corrected chi connectivity index (χ1v) is 8.53. The number of rotatable bonds is 5. The van der Waals surface area contributed by atoms with Gasteiger partial charge in [0, 0.05) is 36.1 Å². The van der Waals surface area contributed by atoms with Gasteiger partial charge in [-0.25, -0.2) is 9.78 Å². The maximum absolute atomic E-state index is 12.1. The van der Waals surface area contributed by atoms with Gasteiger partial charge < -0.3 is 15.5 Å². The molecule has 6 nitrogen and oxygen atoms in total. The molecule has 1 aliphatic heterocycles. The molecule has 2 unspecified atom stereocenters. The zero-order valence-electron chi connectivity index (χ0n) is 13.5. The van der Waals surface area contributed by atoms with Crippen molar-refractivity contribution < 1.29 is 9.59 Å². The SMILES string of the molecule is Cc1csc(C(C)CNC(=O)NC2CCN(C(C)C)C2=O)n1. The van der Waals surface area contributed by atoms with Crippen LogP contribution < -0.4 is 10.6 Å². The van der Waals surface area contributed by atoms with E-state index in [-0.39, 0.29) is 23.9 Å². The molecule has 1 saturated heterocycles. The first kappa shape index (κ1) is 16.7. The van der Waals surface area contributed by atoms with Gasteiger partial charge in [0.15, 0.2) is 0 Å². The van der Waals surface area contributed by atoms with Crippen LogP contribution in [0.1, 0.15) is 43.8 Å². The van der Waals surface area contributed by atoms with Crippen LogP contribution in [0.4, 0.5) is 4.79 Å². The van der Waals surface area contributed by atoms with E-state index >= 15 is 0 Å². The Morgan fingerprint density at radius 3 is 2.77 bits per heavy atom. The molecule has 0 saturated carbocycles. The van der Waals surface area contributed by atoms with Crippen LogP contribution in [0.25, 0.3) is 0 Å². The van der Waals surface area contributed by atoms with E-state index in [9.17, 15) is 9.59 Å². The Hall–Kier alpha value is -1.63. The minimum atomic E-state index is -0.403. The molecule has 1 aromatic rings. The van der Waals surface area contributed by atoms with Gasteiger partial charge in [0.05, 0.1) is 5.01 Å². The van der Waals surface area contributed by atoms with Gasteiger partial charge in [0.25, 0.3) is 0 Å². The molecule has 0 bridgehead atoms. The number of carbonyl (C=O) groups is 2. The van der Waals surface area contributed by atoms with Gasteiger partial charge in [-0.1, -0.05) is 6.92 Å². The van der Waals surface area contributed by atoms with Crippen LogP contribution in [0.15, 0.2) is 5.38 Å². The zero-order chi connectivity index (χ0) is 16.3. The fraction of sp³-hybridized carbons (Fsp3) is 0.667. The molecule has 7 heteroatoms. The predicted molar refractivity (Wildman–Crippen MR) is 87.1 cm³/mol. The summed E-state index contributed by atoms with van der Waals surface area (Å²) < 4.78 is 0. The minimum absolute atomic E-state index is 0.00810. The Bertz CT molecular complexity index is 543. The first-order chi connectivity index (χ1) is 10.4. The highest BCUT2D eigenvalue weighted by Crippen LogP contribution is 2.19. The third-order valence-corrected chi connectivity index (χ3v) is 4.99. The van der Waals surface area contributed by atoms with Crippen LogP contribution in [-0.4, -0.2) is 47.0 Å². The summed E-state index contributed by atoms with van der Waals surface area (Å²) in [5, 5.41) is 8.61. The summed E-state index contributed by atoms with van der Waals surface area (Å²) in [6, 6.07) is -0.514. The van der Waals surface area contributed by atoms with Gasteiger partial charge in [-0.2, -0.15) is 0 Å². The lowest BCUT2D eigenvalue weighted by Gasteiger charge is -2.21. The number of likely N-dealkylation sites (tertiary alicyclic amines) is 1. The Morgan fingerprint density at radius 2 is 2.23 bits per heavy atom. The van der Waals surface area contributed by atoms with E-state index in [0.29, 0.717) is 19.5 Å². The standard InChI is InChI=1S/C15H24N4O2S/c1-9(2)19-6-5-12(14(19)20)18-15(21)16-7-10(3)13-17-11(4)8-22-13/h8-10,12H,5-7H2,1-4H3,(H2,16,18,21). The summed E-state index contributed by atoms with van der Waals surface area (Å²) in [6.45, 7) is 9.17. The van der Waals surface area contributed by atoms with Crippen LogP contribution in [0.2, 0.25) is 0 Å². The molecule has 0 aliphatic carbocycles. The van der Waals surface area contributed by atoms with Crippen molar-refractivity contribution in [2.75, 3.05) is 13.1 Å². The number of aromatic nitrogens is 1. The summed E-state index contributed by atoms with van der Waals surface area (Å²) >= 11 is 1.60. The van der Waals surface area contributed by atoms with Gasteiger partial charge in [0.2, 0.25) is 5.91 Å². The number of aryl methyl sites for hydroxylation is 1. The minimum Gasteiger partial charge on any atom is -0.338 e. The second-order valence-electron chi connectivity index (χ2n) is 6.05. The third-order valence-electron chi connectivity index (χ3n) is 3.80. The Morgan fingerprint density at radius 1 is 1.50 bits per heavy atom. The quantitative estimate of drug-likeness (QED) is 0.868. The monoisotopic (exact) mass is 324 g/mol. The van der Waals surface area contributed by atoms with Gasteiger partial charge in [-0.15, -0.1) is 11.3 Å². The normalized spacial score (nSPS) is 19.6. The fourth-order valence-electron chi connectivity index (χ4n) is 2.49. The molecule has 3 amide bonds. The zero-order valence-corrected chi connectivity index (χ0v) is 14.4. The maximum atomic E-state index is 12.1. The molecule has 122 valence electrons. The second-order valence-corrected chi connectivity index (χ2v) is 6.94. The topological polar surface area (TPSA) is 74.3 Å². The molecule has 2 rings (SSSR count). The number of nitrogens with zero attached hydrogens (tertiary/aromatic N) is 2. The van der Waals surface area contributed by atoms with E-state index in [1.807, 2.05) is 33.1 Å². The molecule has 2 N–H and O–H groups in total. The smallest absolute Gasteiger partial charge is 0.315 e. The van der Waals surface area contributed by atoms with Crippen LogP contribution in [0.3, 0.4) is 0 Å². The van der Waals surface area contributed by atoms with Crippen molar-refractivity contribution in [1.82, 2.24) is 20.5 Å². The van der Waals surface area contributed by atoms with E-state index in [2.05, 4.69) is 15.6 Å². The van der Waals surface area contributed by atoms with Crippen molar-refractivity contribution in [3.05, 3.63) is 16.1 Å². The van der Waals surface area contributed by atoms with Crippen LogP contribution in [0, 0.1) is 6.92 Å². The lowest BCUT2D eigenvalue weighted by atomic mass is 10.2. The summed E-state index contributed by atoms with van der Waals surface area (Å²) in [7, 11) is 0. The molecule has 0 aromatic carbocycles. The lowest BCUT2D eigenvalue weighted by molar-refractivity contribution is -0.130. The van der Waals surface area contributed by atoms with E-state index in [0.717, 1.165) is 10.7 Å². The summed E-state index contributed by atoms with van der Waals surface area (Å²) in [4.78, 5) is 30.3. The molecule has 2 atom stereocenters. The molecule has 1 aromatic heterocycles. The van der Waals surface area contributed by atoms with Gasteiger partial charge in [0.1, 0.15) is 6.04 Å². The lowest BCUT2D eigenvalue weighted by Crippen LogP contribution is -2.47. The van der Waals surface area contributed by atoms with Crippen molar-refractivity contribution >= 4 is 23.3 Å². The number of hydrogen-bond acceptors (Lipinski definition) is 4. The first-order valence-electron chi connectivity index (χ1n) is 7.65. The van der Waals surface area contributed by atoms with Crippen LogP contribution in [-0.2, 0) is 4.79 Å². The molecular formula is C15H24N4O2S. The van der Waals surface area contributed by atoms with Gasteiger partial charge in [-0.05, 0) is 27.2 Å². The molecule has 0 spiro atoms. The van der Waals surface area contributed by atoms with Gasteiger partial charge >= 0.3 is 6.03 Å². The Balaban J connectivity index is 1.78. The van der Waals surface area contributed by atoms with Crippen LogP contribution in [0.5, 0.6) is 0 Å². The van der Waals surface area contributed by atoms with Crippen LogP contribution >= 0.6 is 11.3 Å². The van der Waals surface area contributed by atoms with Crippen molar-refractivity contribution in [2.45, 2.75) is 52.1 Å². The highest BCUT2D eigenvalue weighted by Gasteiger charge is 2.33. The van der Waals surface area contributed by atoms with E-state index in [1.54, 1.807) is 16.2 Å². The number of nitrogens with one attached hydrogen (secondary N) is 2. The molecule has 22 heavy (non-hydrogen) atoms. The van der Waals surface area contributed by atoms with Crippen molar-refractivity contribution in [2.24, 2.45) is 0 Å². The van der Waals surface area contributed by atoms with Crippen molar-refractivity contribution in [3.63, 3.8) is 0 Å². The average Bonchev–Trinajstić information content (AvgIpc) is 3.03. The summed E-state index contributed by atoms with van der Waals surface area (Å²) in [5.74, 6) is 0.171. The second kappa shape index (κ2) is 7.09. The third kappa shape index (κ3) is 3.97. The number of hydrogen-bond donors (Lipinski definition) is 2. The Kier molecular flexibility index (Phi) is 5.39. The highest BCUT2D eigenvalue weighted by atomic mass is 32.1. The van der Waals surface area contributed by atoms with E-state index < -0.39 is 6.04 Å². The van der Waals surface area contributed by atoms with E-state index in [4.69, 9.17) is 0 Å². The number of thiazole rings is 1. The maximum Gasteiger partial charge on any atom is 0.315 e. The largest absolute Gasteiger partial charge is 0.338 e. The molecule has 0 radical (unpaired) electrons. The number of amides is 3. The van der Waals surface area contributed by atoms with Crippen molar-refractivity contribution in [3.8, 4) is 0 Å². The van der Waals surface area contributed by atoms with E-state index in [1.165, 1.54) is 0 Å². The Labute approximate surface area is 135 Å². The summed E-state index contributed by atoms with van der Waals surface area (Å²) in [6.07, 6.45) is 0.672. The highest BCUT2D eigenvalue weighted by molar-refractivity contribution is 7.09. The average molecular weight is 324 g/mol. The molecule has 1 aliphatic rings. The fourth-order valence-corrected chi connectivity index (χ4v) is 3.35. The van der Waals surface area contributed by atoms with Gasteiger partial charge in [-0.3, -0.25) is 4.79 Å². The van der Waals surface area contributed by atoms with Crippen molar-refractivity contribution in [1.29, 1.82) is 0 Å². The molecule has 2 heterocycles. The predicted octanol–water partition coefficient (Wildman–Crippen LogP) is 1.86. The molecular weight excluding hydrogens is 300 g/mol.